The number of aromatic nitrogens is 2. The van der Waals surface area contributed by atoms with E-state index in [2.05, 4.69) is 32.2 Å². The van der Waals surface area contributed by atoms with Crippen molar-refractivity contribution in [3.8, 4) is 17.4 Å². The molecule has 0 unspecified atom stereocenters. The van der Waals surface area contributed by atoms with Crippen LogP contribution < -0.4 is 9.47 Å². The van der Waals surface area contributed by atoms with E-state index in [0.717, 1.165) is 39.8 Å². The Hall–Kier alpha value is -2.44. The summed E-state index contributed by atoms with van der Waals surface area (Å²) in [5.41, 5.74) is 3.34. The standard InChI is InChI=1S/C22H18BrClN2O3/c1-12-4-3-5-17(14-6-7-14)20(12)29-21-18(11-19(24)25-26-21)28-22(27)16-9-8-15(23)10-13(16)2/h3-5,8-11,14H,6-7H2,1-2H3. The summed E-state index contributed by atoms with van der Waals surface area (Å²) in [6.07, 6.45) is 2.27. The van der Waals surface area contributed by atoms with E-state index in [0.29, 0.717) is 11.5 Å². The van der Waals surface area contributed by atoms with E-state index in [1.807, 2.05) is 32.0 Å². The van der Waals surface area contributed by atoms with Gasteiger partial charge in [0.2, 0.25) is 0 Å². The number of nitrogens with zero attached hydrogens (tertiary/aromatic N) is 2. The molecule has 7 heteroatoms. The minimum absolute atomic E-state index is 0.105. The molecule has 1 aliphatic carbocycles. The molecule has 0 saturated heterocycles. The Balaban J connectivity index is 1.66. The lowest BCUT2D eigenvalue weighted by molar-refractivity contribution is 0.0728. The summed E-state index contributed by atoms with van der Waals surface area (Å²) in [6, 6.07) is 12.8. The molecule has 148 valence electrons. The Bertz CT molecular complexity index is 1100. The van der Waals surface area contributed by atoms with Gasteiger partial charge in [-0.2, -0.15) is 0 Å². The number of aryl methyl sites for hydroxylation is 2. The van der Waals surface area contributed by atoms with Gasteiger partial charge in [-0.3, -0.25) is 0 Å². The molecule has 1 aromatic heterocycles. The van der Waals surface area contributed by atoms with Crippen molar-refractivity contribution in [2.45, 2.75) is 32.6 Å². The van der Waals surface area contributed by atoms with E-state index < -0.39 is 5.97 Å². The van der Waals surface area contributed by atoms with Gasteiger partial charge in [0.15, 0.2) is 10.9 Å². The number of carbonyl (C=O) groups is 1. The zero-order chi connectivity index (χ0) is 20.5. The maximum absolute atomic E-state index is 12.7. The second-order valence-electron chi connectivity index (χ2n) is 7.05. The number of halogens is 2. The van der Waals surface area contributed by atoms with Crippen LogP contribution in [0, 0.1) is 13.8 Å². The van der Waals surface area contributed by atoms with Crippen LogP contribution in [0.15, 0.2) is 46.9 Å². The first-order valence-corrected chi connectivity index (χ1v) is 10.4. The second-order valence-corrected chi connectivity index (χ2v) is 8.36. The van der Waals surface area contributed by atoms with E-state index in [1.54, 1.807) is 12.1 Å². The van der Waals surface area contributed by atoms with Crippen LogP contribution in [0.3, 0.4) is 0 Å². The van der Waals surface area contributed by atoms with Gasteiger partial charge in [-0.05, 0) is 67.5 Å². The highest BCUT2D eigenvalue weighted by Gasteiger charge is 2.28. The number of rotatable bonds is 5. The molecule has 0 radical (unpaired) electrons. The zero-order valence-corrected chi connectivity index (χ0v) is 18.3. The zero-order valence-electron chi connectivity index (χ0n) is 15.9. The SMILES string of the molecule is Cc1cc(Br)ccc1C(=O)Oc1cc(Cl)nnc1Oc1c(C)cccc1C1CC1. The first kappa shape index (κ1) is 19.9. The minimum Gasteiger partial charge on any atom is -0.434 e. The van der Waals surface area contributed by atoms with Crippen LogP contribution in [0.1, 0.15) is 45.8 Å². The molecular weight excluding hydrogens is 456 g/mol. The number of esters is 1. The molecule has 29 heavy (non-hydrogen) atoms. The van der Waals surface area contributed by atoms with Crippen LogP contribution in [-0.4, -0.2) is 16.2 Å². The predicted octanol–water partition coefficient (Wildman–Crippen LogP) is 6.40. The van der Waals surface area contributed by atoms with Gasteiger partial charge in [-0.1, -0.05) is 45.7 Å². The lowest BCUT2D eigenvalue weighted by Gasteiger charge is -2.15. The Morgan fingerprint density at radius 3 is 2.62 bits per heavy atom. The van der Waals surface area contributed by atoms with Crippen molar-refractivity contribution in [1.29, 1.82) is 0 Å². The van der Waals surface area contributed by atoms with Gasteiger partial charge in [0.1, 0.15) is 5.75 Å². The van der Waals surface area contributed by atoms with Gasteiger partial charge < -0.3 is 9.47 Å². The average Bonchev–Trinajstić information content (AvgIpc) is 3.50. The largest absolute Gasteiger partial charge is 0.434 e. The highest BCUT2D eigenvalue weighted by Crippen LogP contribution is 2.46. The fraction of sp³-hybridized carbons (Fsp3) is 0.227. The van der Waals surface area contributed by atoms with Crippen molar-refractivity contribution in [3.05, 3.63) is 74.3 Å². The highest BCUT2D eigenvalue weighted by atomic mass is 79.9. The molecule has 1 aliphatic rings. The van der Waals surface area contributed by atoms with E-state index in [-0.39, 0.29) is 16.8 Å². The Morgan fingerprint density at radius 2 is 1.90 bits per heavy atom. The molecule has 3 aromatic rings. The Kier molecular flexibility index (Phi) is 5.56. The third-order valence-electron chi connectivity index (χ3n) is 4.77. The fourth-order valence-electron chi connectivity index (χ4n) is 3.12. The van der Waals surface area contributed by atoms with Crippen LogP contribution in [0.25, 0.3) is 0 Å². The monoisotopic (exact) mass is 472 g/mol. The normalized spacial score (nSPS) is 13.2. The van der Waals surface area contributed by atoms with Gasteiger partial charge in [-0.15, -0.1) is 10.2 Å². The lowest BCUT2D eigenvalue weighted by Crippen LogP contribution is -2.11. The van der Waals surface area contributed by atoms with Crippen LogP contribution in [0.4, 0.5) is 0 Å². The summed E-state index contributed by atoms with van der Waals surface area (Å²) in [7, 11) is 0. The quantitative estimate of drug-likeness (QED) is 0.401. The highest BCUT2D eigenvalue weighted by molar-refractivity contribution is 9.10. The molecule has 0 spiro atoms. The van der Waals surface area contributed by atoms with Crippen molar-refractivity contribution in [2.24, 2.45) is 0 Å². The molecule has 2 aromatic carbocycles. The maximum atomic E-state index is 12.7. The summed E-state index contributed by atoms with van der Waals surface area (Å²) in [5, 5.41) is 8.00. The van der Waals surface area contributed by atoms with Crippen molar-refractivity contribution < 1.29 is 14.3 Å². The number of benzene rings is 2. The van der Waals surface area contributed by atoms with E-state index in [4.69, 9.17) is 21.1 Å². The van der Waals surface area contributed by atoms with Crippen LogP contribution >= 0.6 is 27.5 Å². The Morgan fingerprint density at radius 1 is 1.10 bits per heavy atom. The number of ether oxygens (including phenoxy) is 2. The van der Waals surface area contributed by atoms with Gasteiger partial charge in [-0.25, -0.2) is 4.79 Å². The van der Waals surface area contributed by atoms with E-state index in [1.165, 1.54) is 6.07 Å². The smallest absolute Gasteiger partial charge is 0.343 e. The molecule has 5 nitrogen and oxygen atoms in total. The average molecular weight is 474 g/mol. The molecule has 1 heterocycles. The summed E-state index contributed by atoms with van der Waals surface area (Å²) in [5.74, 6) is 0.928. The molecule has 4 rings (SSSR count). The lowest BCUT2D eigenvalue weighted by atomic mass is 10.1. The van der Waals surface area contributed by atoms with Gasteiger partial charge in [0.05, 0.1) is 5.56 Å². The van der Waals surface area contributed by atoms with E-state index in [9.17, 15) is 4.79 Å². The second kappa shape index (κ2) is 8.13. The van der Waals surface area contributed by atoms with Crippen molar-refractivity contribution in [3.63, 3.8) is 0 Å². The summed E-state index contributed by atoms with van der Waals surface area (Å²) in [6.45, 7) is 3.81. The molecule has 0 aliphatic heterocycles. The fourth-order valence-corrected chi connectivity index (χ4v) is 3.74. The van der Waals surface area contributed by atoms with Crippen molar-refractivity contribution in [1.82, 2.24) is 10.2 Å². The first-order chi connectivity index (χ1) is 13.9. The Labute approximate surface area is 182 Å². The topological polar surface area (TPSA) is 61.3 Å². The van der Waals surface area contributed by atoms with Crippen LogP contribution in [0.5, 0.6) is 17.4 Å². The van der Waals surface area contributed by atoms with Gasteiger partial charge in [0, 0.05) is 10.5 Å². The molecule has 0 N–H and O–H groups in total. The van der Waals surface area contributed by atoms with Crippen LogP contribution in [-0.2, 0) is 0 Å². The third kappa shape index (κ3) is 4.43. The number of para-hydroxylation sites is 1. The molecular formula is C22H18BrClN2O3. The van der Waals surface area contributed by atoms with E-state index >= 15 is 0 Å². The summed E-state index contributed by atoms with van der Waals surface area (Å²) >= 11 is 9.39. The molecule has 0 amide bonds. The number of hydrogen-bond acceptors (Lipinski definition) is 5. The predicted molar refractivity (Wildman–Crippen MR) is 114 cm³/mol. The number of hydrogen-bond donors (Lipinski definition) is 0. The molecule has 1 saturated carbocycles. The van der Waals surface area contributed by atoms with Crippen molar-refractivity contribution >= 4 is 33.5 Å². The summed E-state index contributed by atoms with van der Waals surface area (Å²) in [4.78, 5) is 12.7. The first-order valence-electron chi connectivity index (χ1n) is 9.21. The molecule has 0 bridgehead atoms. The van der Waals surface area contributed by atoms with Gasteiger partial charge in [0.25, 0.3) is 5.88 Å². The minimum atomic E-state index is -0.517. The molecule has 1 fully saturated rings. The maximum Gasteiger partial charge on any atom is 0.343 e. The number of carbonyl (C=O) groups excluding carboxylic acids is 1. The van der Waals surface area contributed by atoms with Crippen LogP contribution in [0.2, 0.25) is 5.15 Å². The summed E-state index contributed by atoms with van der Waals surface area (Å²) < 4.78 is 12.6. The van der Waals surface area contributed by atoms with Crippen molar-refractivity contribution in [2.75, 3.05) is 0 Å². The van der Waals surface area contributed by atoms with Gasteiger partial charge >= 0.3 is 5.97 Å². The third-order valence-corrected chi connectivity index (χ3v) is 5.44. The molecule has 0 atom stereocenters.